The van der Waals surface area contributed by atoms with Crippen molar-refractivity contribution < 1.29 is 35.5 Å². The number of nitrogens with one attached hydrogen (secondary N) is 2. The van der Waals surface area contributed by atoms with Gasteiger partial charge in [-0.05, 0) is 60.7 Å². The number of hydrogen-bond donors (Lipinski definition) is 2. The van der Waals surface area contributed by atoms with Gasteiger partial charge in [0.25, 0.3) is 10.0 Å². The van der Waals surface area contributed by atoms with Gasteiger partial charge in [-0.3, -0.25) is 4.68 Å². The molecule has 0 saturated carbocycles. The average Bonchev–Trinajstić information content (AvgIpc) is 3.29. The van der Waals surface area contributed by atoms with Crippen LogP contribution in [-0.4, -0.2) is 37.9 Å². The smallest absolute Gasteiger partial charge is 0.416 e. The second-order valence-corrected chi connectivity index (χ2v) is 10.8. The molecule has 2 amide bonds. The number of ether oxygens (including phenoxy) is 1. The molecular weight excluding hydrogens is 564 g/mol. The molecule has 0 bridgehead atoms. The van der Waals surface area contributed by atoms with Crippen molar-refractivity contribution in [1.82, 2.24) is 19.8 Å². The highest BCUT2D eigenvalue weighted by molar-refractivity contribution is 7.90. The number of fused-ring (bicyclic) bond motifs is 1. The maximum atomic E-state index is 15.3. The number of aryl methyl sites for hydroxylation is 1. The van der Waals surface area contributed by atoms with E-state index in [1.807, 2.05) is 0 Å². The van der Waals surface area contributed by atoms with Crippen molar-refractivity contribution in [1.29, 1.82) is 0 Å². The summed E-state index contributed by atoms with van der Waals surface area (Å²) < 4.78 is 87.6. The predicted molar refractivity (Wildman–Crippen MR) is 135 cm³/mol. The molecule has 0 fully saturated rings. The van der Waals surface area contributed by atoms with Crippen LogP contribution in [-0.2, 0) is 29.2 Å². The zero-order chi connectivity index (χ0) is 28.4. The van der Waals surface area contributed by atoms with Crippen LogP contribution in [0.15, 0.2) is 59.4 Å². The zero-order valence-corrected chi connectivity index (χ0v) is 22.1. The van der Waals surface area contributed by atoms with Crippen molar-refractivity contribution in [2.45, 2.75) is 36.9 Å². The second kappa shape index (κ2) is 11.3. The molecule has 8 nitrogen and oxygen atoms in total. The number of carbonyl (C=O) groups excluding carboxylic acids is 1. The molecule has 1 aliphatic rings. The van der Waals surface area contributed by atoms with E-state index in [9.17, 15) is 26.4 Å². The van der Waals surface area contributed by atoms with Gasteiger partial charge in [-0.1, -0.05) is 23.7 Å². The summed E-state index contributed by atoms with van der Waals surface area (Å²) in [4.78, 5) is 12.0. The van der Waals surface area contributed by atoms with Crippen molar-refractivity contribution in [3.8, 4) is 5.75 Å². The summed E-state index contributed by atoms with van der Waals surface area (Å²) in [6.07, 6.45) is -1.29. The van der Waals surface area contributed by atoms with Gasteiger partial charge >= 0.3 is 12.2 Å². The molecule has 0 saturated heterocycles. The van der Waals surface area contributed by atoms with Crippen LogP contribution in [0.2, 0.25) is 5.02 Å². The molecule has 2 aromatic carbocycles. The second-order valence-electron chi connectivity index (χ2n) is 8.69. The molecular formula is C25H23ClF4N4O4S. The van der Waals surface area contributed by atoms with Gasteiger partial charge in [-0.2, -0.15) is 18.3 Å². The minimum absolute atomic E-state index is 0.0379. The van der Waals surface area contributed by atoms with E-state index in [-0.39, 0.29) is 27.8 Å². The first-order valence-electron chi connectivity index (χ1n) is 11.6. The number of urea groups is 1. The Morgan fingerprint density at radius 2 is 1.87 bits per heavy atom. The quantitative estimate of drug-likeness (QED) is 0.365. The first kappa shape index (κ1) is 28.4. The van der Waals surface area contributed by atoms with Crippen molar-refractivity contribution in [2.24, 2.45) is 0 Å². The summed E-state index contributed by atoms with van der Waals surface area (Å²) >= 11 is 5.87. The molecule has 0 radical (unpaired) electrons. The zero-order valence-electron chi connectivity index (χ0n) is 20.5. The Morgan fingerprint density at radius 1 is 1.15 bits per heavy atom. The fourth-order valence-electron chi connectivity index (χ4n) is 4.22. The van der Waals surface area contributed by atoms with Gasteiger partial charge in [0, 0.05) is 10.6 Å². The molecule has 3 aromatic rings. The van der Waals surface area contributed by atoms with Crippen molar-refractivity contribution >= 4 is 33.2 Å². The molecule has 39 heavy (non-hydrogen) atoms. The van der Waals surface area contributed by atoms with Gasteiger partial charge in [0.1, 0.15) is 16.5 Å². The first-order valence-corrected chi connectivity index (χ1v) is 13.5. The molecule has 0 unspecified atom stereocenters. The third-order valence-corrected chi connectivity index (χ3v) is 7.65. The van der Waals surface area contributed by atoms with E-state index >= 15 is 4.39 Å². The Labute approximate surface area is 226 Å². The Bertz CT molecular complexity index is 1520. The standard InChI is InChI=1S/C25H23ClF4N4O4S/c1-38-21-10-9-18(26)11-22(21)39(36,37)33-24(35)31-13-20(27)19-4-2-3-16-12-32-34(23(16)19)14-15-5-7-17(8-6-15)25(28,29)30/h5-12H,2-4,13-14H2,1H3,(H2,31,33,35)/b20-19-. The minimum Gasteiger partial charge on any atom is -0.495 e. The van der Waals surface area contributed by atoms with Gasteiger partial charge in [-0.15, -0.1) is 0 Å². The monoisotopic (exact) mass is 586 g/mol. The lowest BCUT2D eigenvalue weighted by molar-refractivity contribution is -0.137. The van der Waals surface area contributed by atoms with Crippen LogP contribution in [0.4, 0.5) is 22.4 Å². The number of halogens is 5. The molecule has 0 aliphatic heterocycles. The molecule has 0 spiro atoms. The first-order chi connectivity index (χ1) is 18.4. The Balaban J connectivity index is 1.49. The van der Waals surface area contributed by atoms with Crippen LogP contribution in [0, 0.1) is 0 Å². The van der Waals surface area contributed by atoms with E-state index in [0.717, 1.165) is 23.8 Å². The van der Waals surface area contributed by atoms with Gasteiger partial charge in [0.05, 0.1) is 37.7 Å². The lowest BCUT2D eigenvalue weighted by Crippen LogP contribution is -2.40. The van der Waals surface area contributed by atoms with E-state index in [1.54, 1.807) is 10.9 Å². The molecule has 1 aliphatic carbocycles. The maximum absolute atomic E-state index is 15.3. The molecule has 1 aromatic heterocycles. The van der Waals surface area contributed by atoms with Crippen LogP contribution in [0.5, 0.6) is 5.75 Å². The number of rotatable bonds is 7. The highest BCUT2D eigenvalue weighted by atomic mass is 35.5. The number of amides is 2. The normalized spacial score (nSPS) is 14.9. The molecule has 14 heteroatoms. The van der Waals surface area contributed by atoms with E-state index in [1.165, 1.54) is 36.1 Å². The van der Waals surface area contributed by atoms with Crippen molar-refractivity contribution in [3.63, 3.8) is 0 Å². The molecule has 0 atom stereocenters. The number of methoxy groups -OCH3 is 1. The van der Waals surface area contributed by atoms with Gasteiger partial charge in [0.15, 0.2) is 0 Å². The Hall–Kier alpha value is -3.58. The summed E-state index contributed by atoms with van der Waals surface area (Å²) in [7, 11) is -3.13. The summed E-state index contributed by atoms with van der Waals surface area (Å²) in [6.45, 7) is -0.494. The number of benzene rings is 2. The fraction of sp³-hybridized carbons (Fsp3) is 0.280. The lowest BCUT2D eigenvalue weighted by Gasteiger charge is -2.19. The topological polar surface area (TPSA) is 102 Å². The number of sulfonamides is 1. The number of hydrogen-bond acceptors (Lipinski definition) is 5. The van der Waals surface area contributed by atoms with E-state index in [0.29, 0.717) is 30.5 Å². The number of nitrogens with zero attached hydrogens (tertiary/aromatic N) is 2. The highest BCUT2D eigenvalue weighted by Crippen LogP contribution is 2.34. The number of allylic oxidation sites excluding steroid dienone is 1. The number of carbonyl (C=O) groups is 1. The lowest BCUT2D eigenvalue weighted by atomic mass is 9.92. The van der Waals surface area contributed by atoms with Crippen LogP contribution in [0.1, 0.15) is 35.2 Å². The van der Waals surface area contributed by atoms with Gasteiger partial charge in [0.2, 0.25) is 0 Å². The Kier molecular flexibility index (Phi) is 8.21. The maximum Gasteiger partial charge on any atom is 0.416 e. The van der Waals surface area contributed by atoms with E-state index < -0.39 is 40.2 Å². The predicted octanol–water partition coefficient (Wildman–Crippen LogP) is 5.32. The summed E-state index contributed by atoms with van der Waals surface area (Å²) in [5.41, 5.74) is 1.29. The van der Waals surface area contributed by atoms with Crippen molar-refractivity contribution in [2.75, 3.05) is 13.7 Å². The molecule has 2 N–H and O–H groups in total. The fourth-order valence-corrected chi connectivity index (χ4v) is 5.59. The summed E-state index contributed by atoms with van der Waals surface area (Å²) in [6, 6.07) is 7.30. The average molecular weight is 587 g/mol. The van der Waals surface area contributed by atoms with Gasteiger partial charge < -0.3 is 10.1 Å². The Morgan fingerprint density at radius 3 is 2.54 bits per heavy atom. The van der Waals surface area contributed by atoms with E-state index in [4.69, 9.17) is 16.3 Å². The summed E-state index contributed by atoms with van der Waals surface area (Å²) in [5.74, 6) is -0.734. The highest BCUT2D eigenvalue weighted by Gasteiger charge is 2.30. The minimum atomic E-state index is -4.46. The van der Waals surface area contributed by atoms with Gasteiger partial charge in [-0.25, -0.2) is 22.3 Å². The third kappa shape index (κ3) is 6.53. The third-order valence-electron chi connectivity index (χ3n) is 6.06. The van der Waals surface area contributed by atoms with Crippen molar-refractivity contribution in [3.05, 3.63) is 81.9 Å². The number of alkyl halides is 3. The van der Waals surface area contributed by atoms with Crippen LogP contribution < -0.4 is 14.8 Å². The number of aromatic nitrogens is 2. The van der Waals surface area contributed by atoms with Crippen LogP contribution >= 0.6 is 11.6 Å². The largest absolute Gasteiger partial charge is 0.495 e. The molecule has 4 rings (SSSR count). The van der Waals surface area contributed by atoms with Crippen LogP contribution in [0.25, 0.3) is 5.57 Å². The molecule has 1 heterocycles. The SMILES string of the molecule is COc1ccc(Cl)cc1S(=O)(=O)NC(=O)NC/C(F)=C1\CCCc2cnn(Cc3ccc(C(F)(F)F)cc3)c21. The summed E-state index contributed by atoms with van der Waals surface area (Å²) in [5, 5.41) is 6.59. The van der Waals surface area contributed by atoms with Crippen LogP contribution in [0.3, 0.4) is 0 Å². The van der Waals surface area contributed by atoms with E-state index in [2.05, 4.69) is 10.4 Å². The molecule has 208 valence electrons.